The van der Waals surface area contributed by atoms with Crippen molar-refractivity contribution in [3.05, 3.63) is 69.8 Å². The van der Waals surface area contributed by atoms with Crippen molar-refractivity contribution < 1.29 is 4.52 Å². The molecule has 0 amide bonds. The van der Waals surface area contributed by atoms with Crippen LogP contribution in [-0.4, -0.2) is 20.1 Å². The first-order valence-electron chi connectivity index (χ1n) is 7.39. The lowest BCUT2D eigenvalue weighted by Crippen LogP contribution is -2.08. The maximum Gasteiger partial charge on any atom is 0.259 e. The molecule has 0 aliphatic carbocycles. The number of fused-ring (bicyclic) bond motifs is 1. The fourth-order valence-electron chi connectivity index (χ4n) is 2.29. The van der Waals surface area contributed by atoms with Crippen LogP contribution in [0.15, 0.2) is 63.0 Å². The Kier molecular flexibility index (Phi) is 4.25. The maximum atomic E-state index is 12.1. The van der Waals surface area contributed by atoms with Crippen molar-refractivity contribution in [2.75, 3.05) is 0 Å². The van der Waals surface area contributed by atoms with Crippen molar-refractivity contribution in [1.82, 2.24) is 20.1 Å². The molecule has 2 aromatic carbocycles. The van der Waals surface area contributed by atoms with Gasteiger partial charge in [-0.1, -0.05) is 40.7 Å². The molecule has 0 bridgehead atoms. The Bertz CT molecular complexity index is 1090. The highest BCUT2D eigenvalue weighted by molar-refractivity contribution is 7.98. The Hall–Kier alpha value is -2.64. The van der Waals surface area contributed by atoms with E-state index in [4.69, 9.17) is 16.1 Å². The molecule has 8 heteroatoms. The van der Waals surface area contributed by atoms with Gasteiger partial charge in [0.25, 0.3) is 5.56 Å². The third-order valence-corrected chi connectivity index (χ3v) is 4.60. The van der Waals surface area contributed by atoms with E-state index in [-0.39, 0.29) is 5.56 Å². The van der Waals surface area contributed by atoms with Gasteiger partial charge in [-0.3, -0.25) is 4.79 Å². The third-order valence-electron chi connectivity index (χ3n) is 3.49. The highest BCUT2D eigenvalue weighted by Crippen LogP contribution is 2.22. The number of hydrogen-bond acceptors (Lipinski definition) is 6. The summed E-state index contributed by atoms with van der Waals surface area (Å²) in [5.41, 5.74) is 1.31. The Morgan fingerprint density at radius 1 is 1.08 bits per heavy atom. The number of nitrogens with one attached hydrogen (secondary N) is 1. The smallest absolute Gasteiger partial charge is 0.259 e. The van der Waals surface area contributed by atoms with Crippen LogP contribution in [0.5, 0.6) is 0 Å². The van der Waals surface area contributed by atoms with Crippen molar-refractivity contribution in [2.24, 2.45) is 0 Å². The first-order valence-corrected chi connectivity index (χ1v) is 8.76. The Morgan fingerprint density at radius 3 is 2.72 bits per heavy atom. The summed E-state index contributed by atoms with van der Waals surface area (Å²) in [5.74, 6) is 1.35. The van der Waals surface area contributed by atoms with Crippen molar-refractivity contribution in [3.63, 3.8) is 0 Å². The van der Waals surface area contributed by atoms with Crippen LogP contribution < -0.4 is 5.56 Å². The summed E-state index contributed by atoms with van der Waals surface area (Å²) in [6.45, 7) is 0. The average molecular weight is 371 g/mol. The van der Waals surface area contributed by atoms with E-state index in [0.717, 1.165) is 5.56 Å². The van der Waals surface area contributed by atoms with Crippen molar-refractivity contribution >= 4 is 34.3 Å². The van der Waals surface area contributed by atoms with Gasteiger partial charge in [-0.15, -0.1) is 0 Å². The zero-order valence-corrected chi connectivity index (χ0v) is 14.3. The number of aromatic nitrogens is 4. The lowest BCUT2D eigenvalue weighted by Gasteiger charge is -2.00. The zero-order valence-electron chi connectivity index (χ0n) is 12.8. The Morgan fingerprint density at radius 2 is 1.88 bits per heavy atom. The first kappa shape index (κ1) is 15.9. The number of nitrogens with zero attached hydrogens (tertiary/aromatic N) is 3. The van der Waals surface area contributed by atoms with Crippen LogP contribution in [0.2, 0.25) is 5.02 Å². The van der Waals surface area contributed by atoms with Gasteiger partial charge in [0.05, 0.1) is 16.7 Å². The van der Waals surface area contributed by atoms with Gasteiger partial charge in [-0.2, -0.15) is 4.98 Å². The van der Waals surface area contributed by atoms with Gasteiger partial charge in [-0.25, -0.2) is 4.98 Å². The van der Waals surface area contributed by atoms with Crippen LogP contribution in [0.3, 0.4) is 0 Å². The van der Waals surface area contributed by atoms with Crippen molar-refractivity contribution in [1.29, 1.82) is 0 Å². The third kappa shape index (κ3) is 3.42. The summed E-state index contributed by atoms with van der Waals surface area (Å²) in [5, 5.41) is 5.68. The van der Waals surface area contributed by atoms with E-state index in [1.807, 2.05) is 24.3 Å². The number of H-pyrrole nitrogens is 1. The Labute approximate surface area is 151 Å². The minimum absolute atomic E-state index is 0.166. The van der Waals surface area contributed by atoms with Crippen LogP contribution >= 0.6 is 23.4 Å². The molecule has 1 N–H and O–H groups in total. The second-order valence-corrected chi connectivity index (χ2v) is 6.60. The summed E-state index contributed by atoms with van der Waals surface area (Å²) in [7, 11) is 0. The highest BCUT2D eigenvalue weighted by Gasteiger charge is 2.10. The minimum Gasteiger partial charge on any atom is -0.338 e. The van der Waals surface area contributed by atoms with Gasteiger partial charge in [0.1, 0.15) is 0 Å². The minimum atomic E-state index is -0.166. The lowest BCUT2D eigenvalue weighted by atomic mass is 10.2. The number of aromatic amines is 1. The monoisotopic (exact) mass is 370 g/mol. The zero-order chi connectivity index (χ0) is 17.2. The highest BCUT2D eigenvalue weighted by atomic mass is 35.5. The van der Waals surface area contributed by atoms with Crippen LogP contribution in [-0.2, 0) is 5.75 Å². The van der Waals surface area contributed by atoms with Gasteiger partial charge in [-0.05, 0) is 36.4 Å². The predicted octanol–water partition coefficient (Wildman–Crippen LogP) is 3.92. The van der Waals surface area contributed by atoms with Crippen LogP contribution in [0.1, 0.15) is 5.89 Å². The quantitative estimate of drug-likeness (QED) is 0.433. The van der Waals surface area contributed by atoms with Gasteiger partial charge in [0.2, 0.25) is 11.7 Å². The second kappa shape index (κ2) is 6.70. The molecule has 0 unspecified atom stereocenters. The topological polar surface area (TPSA) is 84.7 Å². The standard InChI is InChI=1S/C17H11ClN4O2S/c18-11-7-5-10(6-8-11)15-20-14(24-22-15)9-25-17-19-13-4-2-1-3-12(13)16(23)21-17/h1-8H,9H2,(H,19,21,23). The SMILES string of the molecule is O=c1[nH]c(SCc2nc(-c3ccc(Cl)cc3)no2)nc2ccccc12. The molecular formula is C17H11ClN4O2S. The molecule has 0 atom stereocenters. The van der Waals surface area contributed by atoms with Crippen molar-refractivity contribution in [2.45, 2.75) is 10.9 Å². The second-order valence-electron chi connectivity index (χ2n) is 5.20. The molecule has 4 rings (SSSR count). The van der Waals surface area contributed by atoms with Gasteiger partial charge >= 0.3 is 0 Å². The average Bonchev–Trinajstić information content (AvgIpc) is 3.10. The predicted molar refractivity (Wildman–Crippen MR) is 96.7 cm³/mol. The lowest BCUT2D eigenvalue weighted by molar-refractivity contribution is 0.391. The molecule has 2 heterocycles. The van der Waals surface area contributed by atoms with E-state index in [1.54, 1.807) is 24.3 Å². The summed E-state index contributed by atoms with van der Waals surface area (Å²) >= 11 is 7.20. The van der Waals surface area contributed by atoms with Crippen LogP contribution in [0.4, 0.5) is 0 Å². The van der Waals surface area contributed by atoms with E-state index in [2.05, 4.69) is 20.1 Å². The fourth-order valence-corrected chi connectivity index (χ4v) is 3.12. The number of rotatable bonds is 4. The van der Waals surface area contributed by atoms with E-state index < -0.39 is 0 Å². The van der Waals surface area contributed by atoms with Gasteiger partial charge < -0.3 is 9.51 Å². The fraction of sp³-hybridized carbons (Fsp3) is 0.0588. The van der Waals surface area contributed by atoms with Crippen LogP contribution in [0.25, 0.3) is 22.3 Å². The summed E-state index contributed by atoms with van der Waals surface area (Å²) in [4.78, 5) is 23.6. The number of para-hydroxylation sites is 1. The maximum absolute atomic E-state index is 12.1. The molecule has 0 aliphatic heterocycles. The molecule has 0 aliphatic rings. The molecule has 0 spiro atoms. The molecule has 124 valence electrons. The van der Waals surface area contributed by atoms with Crippen molar-refractivity contribution in [3.8, 4) is 11.4 Å². The number of halogens is 1. The molecule has 25 heavy (non-hydrogen) atoms. The number of hydrogen-bond donors (Lipinski definition) is 1. The number of benzene rings is 2. The molecule has 2 aromatic heterocycles. The van der Waals surface area contributed by atoms with E-state index in [1.165, 1.54) is 11.8 Å². The van der Waals surface area contributed by atoms with Gasteiger partial charge in [0, 0.05) is 10.6 Å². The largest absolute Gasteiger partial charge is 0.338 e. The molecular weight excluding hydrogens is 360 g/mol. The summed E-state index contributed by atoms with van der Waals surface area (Å²) in [6.07, 6.45) is 0. The molecule has 0 fully saturated rings. The molecule has 6 nitrogen and oxygen atoms in total. The Balaban J connectivity index is 1.52. The van der Waals surface area contributed by atoms with E-state index >= 15 is 0 Å². The van der Waals surface area contributed by atoms with Gasteiger partial charge in [0.15, 0.2) is 5.16 Å². The summed E-state index contributed by atoms with van der Waals surface area (Å²) in [6, 6.07) is 14.4. The van der Waals surface area contributed by atoms with E-state index in [9.17, 15) is 4.79 Å². The first-order chi connectivity index (χ1) is 12.2. The van der Waals surface area contributed by atoms with E-state index in [0.29, 0.717) is 38.5 Å². The molecule has 0 saturated carbocycles. The molecule has 4 aromatic rings. The molecule has 0 radical (unpaired) electrons. The molecule has 0 saturated heterocycles. The summed E-state index contributed by atoms with van der Waals surface area (Å²) < 4.78 is 5.25. The normalized spacial score (nSPS) is 11.1. The number of thioether (sulfide) groups is 1. The van der Waals surface area contributed by atoms with Crippen LogP contribution in [0, 0.1) is 0 Å².